The zero-order valence-corrected chi connectivity index (χ0v) is 17.6. The SMILES string of the molecule is CCc1ccc(NC(=O)[C@H]2CCC(=O)N2[C@H]2OC(=O)c3c2ccc(OC)c3OC)cc1. The molecule has 2 atom stereocenters. The Balaban J connectivity index is 1.62. The van der Waals surface area contributed by atoms with Crippen molar-refractivity contribution in [1.82, 2.24) is 4.90 Å². The molecule has 0 aliphatic carbocycles. The van der Waals surface area contributed by atoms with Gasteiger partial charge < -0.3 is 19.5 Å². The predicted octanol–water partition coefficient (Wildman–Crippen LogP) is 3.06. The Hall–Kier alpha value is -3.55. The van der Waals surface area contributed by atoms with Crippen molar-refractivity contribution >= 4 is 23.5 Å². The molecule has 0 spiro atoms. The lowest BCUT2D eigenvalue weighted by atomic mass is 10.0. The highest BCUT2D eigenvalue weighted by Gasteiger charge is 2.47. The molecule has 2 aromatic rings. The number of likely N-dealkylation sites (tertiary alicyclic amines) is 1. The van der Waals surface area contributed by atoms with Gasteiger partial charge in [-0.15, -0.1) is 0 Å². The second kappa shape index (κ2) is 8.29. The molecule has 8 nitrogen and oxygen atoms in total. The van der Waals surface area contributed by atoms with E-state index in [4.69, 9.17) is 14.2 Å². The molecule has 2 aliphatic heterocycles. The van der Waals surface area contributed by atoms with Gasteiger partial charge in [0.1, 0.15) is 11.6 Å². The van der Waals surface area contributed by atoms with Crippen LogP contribution in [-0.4, -0.2) is 42.9 Å². The second-order valence-corrected chi connectivity index (χ2v) is 7.42. The van der Waals surface area contributed by atoms with Crippen LogP contribution in [-0.2, 0) is 20.7 Å². The molecule has 2 amide bonds. The number of aryl methyl sites for hydroxylation is 1. The maximum absolute atomic E-state index is 13.0. The normalized spacial score (nSPS) is 19.8. The Kier molecular flexibility index (Phi) is 5.54. The number of fused-ring (bicyclic) bond motifs is 1. The Morgan fingerprint density at radius 2 is 1.87 bits per heavy atom. The summed E-state index contributed by atoms with van der Waals surface area (Å²) in [6, 6.07) is 10.1. The van der Waals surface area contributed by atoms with Gasteiger partial charge in [0.2, 0.25) is 18.0 Å². The molecule has 2 heterocycles. The number of benzene rings is 2. The van der Waals surface area contributed by atoms with Gasteiger partial charge in [-0.1, -0.05) is 19.1 Å². The first-order valence-corrected chi connectivity index (χ1v) is 10.1. The van der Waals surface area contributed by atoms with Gasteiger partial charge in [-0.05, 0) is 42.7 Å². The fourth-order valence-electron chi connectivity index (χ4n) is 4.09. The molecule has 31 heavy (non-hydrogen) atoms. The summed E-state index contributed by atoms with van der Waals surface area (Å²) in [7, 11) is 2.90. The van der Waals surface area contributed by atoms with Crippen LogP contribution in [0.15, 0.2) is 36.4 Å². The van der Waals surface area contributed by atoms with E-state index in [9.17, 15) is 14.4 Å². The average Bonchev–Trinajstić information content (AvgIpc) is 3.33. The molecule has 0 radical (unpaired) electrons. The number of methoxy groups -OCH3 is 2. The lowest BCUT2D eigenvalue weighted by molar-refractivity contribution is -0.144. The summed E-state index contributed by atoms with van der Waals surface area (Å²) >= 11 is 0. The highest BCUT2D eigenvalue weighted by molar-refractivity contribution is 6.01. The van der Waals surface area contributed by atoms with E-state index in [1.165, 1.54) is 19.1 Å². The predicted molar refractivity (Wildman–Crippen MR) is 112 cm³/mol. The number of carbonyl (C=O) groups excluding carboxylic acids is 3. The number of nitrogens with zero attached hydrogens (tertiary/aromatic N) is 1. The third-order valence-electron chi connectivity index (χ3n) is 5.71. The van der Waals surface area contributed by atoms with Crippen LogP contribution in [0.1, 0.15) is 47.5 Å². The van der Waals surface area contributed by atoms with Gasteiger partial charge in [-0.2, -0.15) is 0 Å². The molecular weight excluding hydrogens is 400 g/mol. The second-order valence-electron chi connectivity index (χ2n) is 7.42. The van der Waals surface area contributed by atoms with Crippen LogP contribution < -0.4 is 14.8 Å². The number of amides is 2. The molecule has 0 unspecified atom stereocenters. The van der Waals surface area contributed by atoms with Crippen molar-refractivity contribution in [3.05, 3.63) is 53.1 Å². The van der Waals surface area contributed by atoms with Gasteiger partial charge in [0.25, 0.3) is 0 Å². The summed E-state index contributed by atoms with van der Waals surface area (Å²) in [6.07, 6.45) is 0.452. The Morgan fingerprint density at radius 1 is 1.13 bits per heavy atom. The van der Waals surface area contributed by atoms with Crippen LogP contribution in [0, 0.1) is 0 Å². The Labute approximate surface area is 180 Å². The van der Waals surface area contributed by atoms with Crippen molar-refractivity contribution in [3.8, 4) is 11.5 Å². The van der Waals surface area contributed by atoms with Crippen LogP contribution in [0.5, 0.6) is 11.5 Å². The van der Waals surface area contributed by atoms with E-state index in [0.717, 1.165) is 12.0 Å². The van der Waals surface area contributed by atoms with Gasteiger partial charge in [0.15, 0.2) is 11.5 Å². The van der Waals surface area contributed by atoms with Gasteiger partial charge in [0, 0.05) is 17.7 Å². The fourth-order valence-corrected chi connectivity index (χ4v) is 4.09. The van der Waals surface area contributed by atoms with E-state index in [0.29, 0.717) is 23.4 Å². The first kappa shape index (κ1) is 20.7. The van der Waals surface area contributed by atoms with E-state index >= 15 is 0 Å². The van der Waals surface area contributed by atoms with E-state index in [2.05, 4.69) is 12.2 Å². The lowest BCUT2D eigenvalue weighted by Gasteiger charge is -2.29. The van der Waals surface area contributed by atoms with Crippen LogP contribution in [0.4, 0.5) is 5.69 Å². The number of hydrogen-bond donors (Lipinski definition) is 1. The Morgan fingerprint density at radius 3 is 2.52 bits per heavy atom. The number of ether oxygens (including phenoxy) is 3. The summed E-state index contributed by atoms with van der Waals surface area (Å²) in [5.41, 5.74) is 2.50. The number of nitrogens with one attached hydrogen (secondary N) is 1. The summed E-state index contributed by atoms with van der Waals surface area (Å²) in [5.74, 6) is -0.556. The molecule has 2 aromatic carbocycles. The van der Waals surface area contributed by atoms with Crippen molar-refractivity contribution in [3.63, 3.8) is 0 Å². The number of esters is 1. The summed E-state index contributed by atoms with van der Waals surface area (Å²) in [5, 5.41) is 2.87. The van der Waals surface area contributed by atoms with E-state index in [-0.39, 0.29) is 29.5 Å². The standard InChI is InChI=1S/C23H24N2O6/c1-4-13-5-7-14(8-6-13)24-21(27)16-10-12-18(26)25(16)22-15-9-11-17(29-2)20(30-3)19(15)23(28)31-22/h5-9,11,16,22H,4,10,12H2,1-3H3,(H,24,27)/t16-,22+/m1/s1. The number of carbonyl (C=O) groups is 3. The molecule has 0 aromatic heterocycles. The van der Waals surface area contributed by atoms with Gasteiger partial charge in [-0.25, -0.2) is 4.79 Å². The maximum atomic E-state index is 13.0. The van der Waals surface area contributed by atoms with E-state index < -0.39 is 18.2 Å². The molecule has 1 N–H and O–H groups in total. The number of rotatable bonds is 6. The zero-order valence-electron chi connectivity index (χ0n) is 17.6. The molecule has 1 fully saturated rings. The molecule has 0 saturated carbocycles. The molecule has 4 rings (SSSR count). The lowest BCUT2D eigenvalue weighted by Crippen LogP contribution is -2.43. The molecule has 0 bridgehead atoms. The Bertz CT molecular complexity index is 1030. The summed E-state index contributed by atoms with van der Waals surface area (Å²) < 4.78 is 16.1. The van der Waals surface area contributed by atoms with Crippen molar-refractivity contribution in [2.75, 3.05) is 19.5 Å². The van der Waals surface area contributed by atoms with Crippen LogP contribution in [0.25, 0.3) is 0 Å². The number of cyclic esters (lactones) is 1. The van der Waals surface area contributed by atoms with Gasteiger partial charge in [0.05, 0.1) is 14.2 Å². The van der Waals surface area contributed by atoms with Gasteiger partial charge in [-0.3, -0.25) is 14.5 Å². The van der Waals surface area contributed by atoms with Crippen LogP contribution in [0.3, 0.4) is 0 Å². The smallest absolute Gasteiger partial charge is 0.344 e. The number of anilines is 1. The van der Waals surface area contributed by atoms with E-state index in [1.807, 2.05) is 24.3 Å². The van der Waals surface area contributed by atoms with E-state index in [1.54, 1.807) is 12.1 Å². The minimum atomic E-state index is -0.990. The topological polar surface area (TPSA) is 94.2 Å². The van der Waals surface area contributed by atoms with Gasteiger partial charge >= 0.3 is 5.97 Å². The highest BCUT2D eigenvalue weighted by Crippen LogP contribution is 2.45. The van der Waals surface area contributed by atoms with Crippen molar-refractivity contribution in [2.45, 2.75) is 38.5 Å². The summed E-state index contributed by atoms with van der Waals surface area (Å²) in [4.78, 5) is 39.7. The fraction of sp³-hybridized carbons (Fsp3) is 0.348. The highest BCUT2D eigenvalue weighted by atomic mass is 16.6. The number of hydrogen-bond acceptors (Lipinski definition) is 6. The molecular formula is C23H24N2O6. The van der Waals surface area contributed by atoms with Crippen LogP contribution in [0.2, 0.25) is 0 Å². The van der Waals surface area contributed by atoms with Crippen molar-refractivity contribution in [2.24, 2.45) is 0 Å². The average molecular weight is 424 g/mol. The monoisotopic (exact) mass is 424 g/mol. The molecule has 2 aliphatic rings. The quantitative estimate of drug-likeness (QED) is 0.717. The van der Waals surface area contributed by atoms with Crippen LogP contribution >= 0.6 is 0 Å². The molecule has 162 valence electrons. The largest absolute Gasteiger partial charge is 0.493 e. The molecule has 8 heteroatoms. The molecule has 1 saturated heterocycles. The first-order chi connectivity index (χ1) is 15.0. The van der Waals surface area contributed by atoms with Crippen molar-refractivity contribution in [1.29, 1.82) is 0 Å². The first-order valence-electron chi connectivity index (χ1n) is 10.1. The maximum Gasteiger partial charge on any atom is 0.344 e. The minimum Gasteiger partial charge on any atom is -0.493 e. The minimum absolute atomic E-state index is 0.198. The van der Waals surface area contributed by atoms with Crippen molar-refractivity contribution < 1.29 is 28.6 Å². The third-order valence-corrected chi connectivity index (χ3v) is 5.71. The third kappa shape index (κ3) is 3.58. The summed E-state index contributed by atoms with van der Waals surface area (Å²) in [6.45, 7) is 2.06. The zero-order chi connectivity index (χ0) is 22.1.